The van der Waals surface area contributed by atoms with Crippen LogP contribution in [0.4, 0.5) is 13.2 Å². The van der Waals surface area contributed by atoms with Gasteiger partial charge in [0, 0.05) is 5.56 Å². The van der Waals surface area contributed by atoms with Crippen molar-refractivity contribution >= 4 is 15.7 Å². The molecule has 1 aromatic carbocycles. The van der Waals surface area contributed by atoms with E-state index >= 15 is 0 Å². The Bertz CT molecular complexity index is 594. The van der Waals surface area contributed by atoms with Crippen LogP contribution in [0.5, 0.6) is 0 Å². The average Bonchev–Trinajstić information content (AvgIpc) is 2.27. The number of amides is 1. The van der Waals surface area contributed by atoms with Gasteiger partial charge in [-0.1, -0.05) is 13.3 Å². The van der Waals surface area contributed by atoms with Gasteiger partial charge in [0.2, 0.25) is 5.91 Å². The minimum atomic E-state index is -5.41. The summed E-state index contributed by atoms with van der Waals surface area (Å²) in [6.45, 7) is 1.75. The molecule has 106 valence electrons. The third-order valence-electron chi connectivity index (χ3n) is 2.48. The molecule has 8 heteroatoms. The summed E-state index contributed by atoms with van der Waals surface area (Å²) < 4.78 is 59.7. The fraction of sp³-hybridized carbons (Fsp3) is 0.364. The number of hydrogen-bond acceptors (Lipinski definition) is 3. The van der Waals surface area contributed by atoms with Gasteiger partial charge in [0.25, 0.3) is 9.84 Å². The second-order valence-corrected chi connectivity index (χ2v) is 5.82. The van der Waals surface area contributed by atoms with Crippen molar-refractivity contribution in [3.8, 4) is 0 Å². The maximum atomic E-state index is 12.4. The molecule has 0 saturated heterocycles. The third kappa shape index (κ3) is 3.06. The van der Waals surface area contributed by atoms with Gasteiger partial charge in [-0.05, 0) is 30.2 Å². The van der Waals surface area contributed by atoms with Gasteiger partial charge in [-0.25, -0.2) is 8.42 Å². The van der Waals surface area contributed by atoms with E-state index in [0.29, 0.717) is 6.42 Å². The fourth-order valence-electron chi connectivity index (χ4n) is 1.59. The van der Waals surface area contributed by atoms with Crippen LogP contribution in [0, 0.1) is 0 Å². The molecule has 19 heavy (non-hydrogen) atoms. The fourth-order valence-corrected chi connectivity index (χ4v) is 2.40. The van der Waals surface area contributed by atoms with E-state index in [1.165, 1.54) is 0 Å². The van der Waals surface area contributed by atoms with Crippen LogP contribution in [0.25, 0.3) is 0 Å². The molecule has 1 rings (SSSR count). The molecule has 1 aromatic rings. The van der Waals surface area contributed by atoms with E-state index in [1.54, 1.807) is 6.92 Å². The molecule has 0 saturated carbocycles. The first-order chi connectivity index (χ1) is 8.61. The van der Waals surface area contributed by atoms with Crippen LogP contribution in [0.1, 0.15) is 29.3 Å². The van der Waals surface area contributed by atoms with Crippen molar-refractivity contribution < 1.29 is 26.4 Å². The van der Waals surface area contributed by atoms with E-state index in [0.717, 1.165) is 18.2 Å². The molecule has 0 bridgehead atoms. The van der Waals surface area contributed by atoms with Crippen LogP contribution in [0.3, 0.4) is 0 Å². The molecule has 0 spiro atoms. The van der Waals surface area contributed by atoms with Gasteiger partial charge in [-0.2, -0.15) is 13.2 Å². The maximum Gasteiger partial charge on any atom is 0.501 e. The summed E-state index contributed by atoms with van der Waals surface area (Å²) in [5, 5.41) is 0. The highest BCUT2D eigenvalue weighted by atomic mass is 32.2. The Balaban J connectivity index is 3.42. The van der Waals surface area contributed by atoms with E-state index < -0.39 is 26.1 Å². The molecule has 0 atom stereocenters. The summed E-state index contributed by atoms with van der Waals surface area (Å²) in [7, 11) is -5.41. The van der Waals surface area contributed by atoms with Gasteiger partial charge in [0.05, 0.1) is 4.90 Å². The Hall–Kier alpha value is -1.57. The van der Waals surface area contributed by atoms with E-state index in [4.69, 9.17) is 5.73 Å². The number of alkyl halides is 3. The molecule has 2 N–H and O–H groups in total. The minimum absolute atomic E-state index is 0.0305. The normalized spacial score (nSPS) is 12.4. The van der Waals surface area contributed by atoms with Crippen LogP contribution in [-0.2, 0) is 16.3 Å². The molecule has 0 aliphatic rings. The van der Waals surface area contributed by atoms with Crippen molar-refractivity contribution in [1.29, 1.82) is 0 Å². The van der Waals surface area contributed by atoms with Crippen LogP contribution in [0.2, 0.25) is 0 Å². The predicted octanol–water partition coefficient (Wildman–Crippen LogP) is 2.03. The number of rotatable bonds is 4. The summed E-state index contributed by atoms with van der Waals surface area (Å²) in [6, 6.07) is 2.60. The second-order valence-electron chi connectivity index (χ2n) is 3.88. The number of carbonyl (C=O) groups is 1. The molecule has 0 aliphatic heterocycles. The molecule has 4 nitrogen and oxygen atoms in total. The van der Waals surface area contributed by atoms with E-state index in [1.807, 2.05) is 0 Å². The summed E-state index contributed by atoms with van der Waals surface area (Å²) in [5.41, 5.74) is -0.0659. The highest BCUT2D eigenvalue weighted by Gasteiger charge is 2.47. The lowest BCUT2D eigenvalue weighted by Gasteiger charge is -2.11. The Morgan fingerprint density at radius 1 is 1.32 bits per heavy atom. The predicted molar refractivity (Wildman–Crippen MR) is 62.2 cm³/mol. The summed E-state index contributed by atoms with van der Waals surface area (Å²) in [6.07, 6.45) is 0.801. The number of nitrogens with two attached hydrogens (primary N) is 1. The first-order valence-electron chi connectivity index (χ1n) is 5.35. The lowest BCUT2D eigenvalue weighted by atomic mass is 10.0. The van der Waals surface area contributed by atoms with Crippen molar-refractivity contribution in [3.63, 3.8) is 0 Å². The van der Waals surface area contributed by atoms with Gasteiger partial charge >= 0.3 is 5.51 Å². The smallest absolute Gasteiger partial charge is 0.366 e. The van der Waals surface area contributed by atoms with Crippen molar-refractivity contribution in [2.24, 2.45) is 5.73 Å². The zero-order valence-corrected chi connectivity index (χ0v) is 10.8. The highest BCUT2D eigenvalue weighted by molar-refractivity contribution is 7.92. The maximum absolute atomic E-state index is 12.4. The van der Waals surface area contributed by atoms with Crippen molar-refractivity contribution in [2.75, 3.05) is 0 Å². The highest BCUT2D eigenvalue weighted by Crippen LogP contribution is 2.31. The number of benzene rings is 1. The van der Waals surface area contributed by atoms with Crippen LogP contribution in [-0.4, -0.2) is 19.8 Å². The summed E-state index contributed by atoms with van der Waals surface area (Å²) >= 11 is 0. The van der Waals surface area contributed by atoms with Gasteiger partial charge in [-0.15, -0.1) is 0 Å². The number of sulfone groups is 1. The lowest BCUT2D eigenvalue weighted by Crippen LogP contribution is -2.24. The van der Waals surface area contributed by atoms with E-state index in [2.05, 4.69) is 0 Å². The third-order valence-corrected chi connectivity index (χ3v) is 3.96. The number of carbonyl (C=O) groups excluding carboxylic acids is 1. The molecule has 1 amide bonds. The SMILES string of the molecule is CCCc1cc(S(=O)(=O)C(F)(F)F)ccc1C(N)=O. The second kappa shape index (κ2) is 5.20. The quantitative estimate of drug-likeness (QED) is 0.923. The zero-order chi connectivity index (χ0) is 14.8. The first kappa shape index (κ1) is 15.5. The number of primary amides is 1. The first-order valence-corrected chi connectivity index (χ1v) is 6.83. The van der Waals surface area contributed by atoms with E-state index in [-0.39, 0.29) is 17.5 Å². The lowest BCUT2D eigenvalue weighted by molar-refractivity contribution is -0.0436. The van der Waals surface area contributed by atoms with Gasteiger partial charge in [0.1, 0.15) is 0 Å². The molecule has 0 radical (unpaired) electrons. The minimum Gasteiger partial charge on any atom is -0.366 e. The van der Waals surface area contributed by atoms with Gasteiger partial charge in [-0.3, -0.25) is 4.79 Å². The Morgan fingerprint density at radius 2 is 1.89 bits per heavy atom. The molecule has 0 aliphatic carbocycles. The summed E-state index contributed by atoms with van der Waals surface area (Å²) in [4.78, 5) is 10.2. The van der Waals surface area contributed by atoms with Gasteiger partial charge < -0.3 is 5.73 Å². The molecular formula is C11H12F3NO3S. The average molecular weight is 295 g/mol. The van der Waals surface area contributed by atoms with Crippen molar-refractivity contribution in [2.45, 2.75) is 30.2 Å². The van der Waals surface area contributed by atoms with Crippen LogP contribution in [0.15, 0.2) is 23.1 Å². The molecular weight excluding hydrogens is 283 g/mol. The number of aryl methyl sites for hydroxylation is 1. The van der Waals surface area contributed by atoms with Crippen LogP contribution >= 0.6 is 0 Å². The van der Waals surface area contributed by atoms with Crippen LogP contribution < -0.4 is 5.73 Å². The molecule has 0 aromatic heterocycles. The molecule has 0 unspecified atom stereocenters. The number of halogens is 3. The van der Waals surface area contributed by atoms with Crippen molar-refractivity contribution in [1.82, 2.24) is 0 Å². The monoisotopic (exact) mass is 295 g/mol. The topological polar surface area (TPSA) is 77.2 Å². The Labute approximate surface area is 108 Å². The van der Waals surface area contributed by atoms with Gasteiger partial charge in [0.15, 0.2) is 0 Å². The largest absolute Gasteiger partial charge is 0.501 e. The molecule has 0 fully saturated rings. The zero-order valence-electron chi connectivity index (χ0n) is 9.99. The molecule has 0 heterocycles. The van der Waals surface area contributed by atoms with E-state index in [9.17, 15) is 26.4 Å². The standard InChI is InChI=1S/C11H12F3NO3S/c1-2-3-7-6-8(4-5-9(7)10(15)16)19(17,18)11(12,13)14/h4-6H,2-3H2,1H3,(H2,15,16). The van der Waals surface area contributed by atoms with Crippen molar-refractivity contribution in [3.05, 3.63) is 29.3 Å². The summed E-state index contributed by atoms with van der Waals surface area (Å²) in [5.74, 6) is -0.806. The number of hydrogen-bond donors (Lipinski definition) is 1. The Morgan fingerprint density at radius 3 is 2.32 bits per heavy atom. The Kier molecular flexibility index (Phi) is 4.24.